The van der Waals surface area contributed by atoms with E-state index in [0.29, 0.717) is 10.9 Å². The van der Waals surface area contributed by atoms with Crippen LogP contribution in [0.25, 0.3) is 10.8 Å². The number of rotatable bonds is 6. The fourth-order valence-electron chi connectivity index (χ4n) is 2.92. The summed E-state index contributed by atoms with van der Waals surface area (Å²) in [5.41, 5.74) is -0.213. The lowest BCUT2D eigenvalue weighted by Gasteiger charge is -2.15. The van der Waals surface area contributed by atoms with Crippen LogP contribution in [-0.4, -0.2) is 27.9 Å². The molecule has 0 radical (unpaired) electrons. The first-order valence-corrected chi connectivity index (χ1v) is 8.31. The Morgan fingerprint density at radius 3 is 2.54 bits per heavy atom. The molecule has 7 nitrogen and oxygen atoms in total. The number of carbonyl (C=O) groups excluding carboxylic acids is 1. The van der Waals surface area contributed by atoms with Gasteiger partial charge in [-0.05, 0) is 28.5 Å². The van der Waals surface area contributed by atoms with Gasteiger partial charge in [-0.2, -0.15) is 4.39 Å². The van der Waals surface area contributed by atoms with Crippen molar-refractivity contribution in [2.75, 3.05) is 0 Å². The Morgan fingerprint density at radius 1 is 1.11 bits per heavy atom. The van der Waals surface area contributed by atoms with E-state index in [0.717, 1.165) is 17.5 Å². The smallest absolute Gasteiger partial charge is 0.326 e. The molecule has 1 atom stereocenters. The molecule has 3 aromatic carbocycles. The Labute approximate surface area is 158 Å². The van der Waals surface area contributed by atoms with Gasteiger partial charge in [0.1, 0.15) is 6.04 Å². The summed E-state index contributed by atoms with van der Waals surface area (Å²) in [7, 11) is 0. The van der Waals surface area contributed by atoms with Crippen LogP contribution in [0.5, 0.6) is 0 Å². The molecule has 0 aliphatic rings. The van der Waals surface area contributed by atoms with Crippen LogP contribution in [0.1, 0.15) is 15.9 Å². The summed E-state index contributed by atoms with van der Waals surface area (Å²) in [4.78, 5) is 34.2. The maximum absolute atomic E-state index is 13.5. The number of benzene rings is 3. The Hall–Kier alpha value is -3.81. The van der Waals surface area contributed by atoms with Crippen molar-refractivity contribution in [2.45, 2.75) is 12.5 Å². The van der Waals surface area contributed by atoms with E-state index in [4.69, 9.17) is 0 Å². The van der Waals surface area contributed by atoms with E-state index < -0.39 is 34.3 Å². The van der Waals surface area contributed by atoms with Gasteiger partial charge in [0.15, 0.2) is 0 Å². The fourth-order valence-corrected chi connectivity index (χ4v) is 2.92. The van der Waals surface area contributed by atoms with Crippen LogP contribution in [0.3, 0.4) is 0 Å². The summed E-state index contributed by atoms with van der Waals surface area (Å²) in [5, 5.41) is 24.2. The van der Waals surface area contributed by atoms with E-state index >= 15 is 0 Å². The van der Waals surface area contributed by atoms with Crippen molar-refractivity contribution in [2.24, 2.45) is 0 Å². The van der Waals surface area contributed by atoms with E-state index in [9.17, 15) is 29.2 Å². The van der Waals surface area contributed by atoms with Crippen LogP contribution in [-0.2, 0) is 11.2 Å². The predicted molar refractivity (Wildman–Crippen MR) is 99.6 cm³/mol. The monoisotopic (exact) mass is 382 g/mol. The van der Waals surface area contributed by atoms with Crippen molar-refractivity contribution in [3.05, 3.63) is 87.7 Å². The maximum Gasteiger partial charge on any atom is 0.326 e. The molecule has 8 heteroatoms. The van der Waals surface area contributed by atoms with Gasteiger partial charge in [-0.25, -0.2) is 4.79 Å². The minimum atomic E-state index is -1.34. The summed E-state index contributed by atoms with van der Waals surface area (Å²) in [6.45, 7) is 0. The normalized spacial score (nSPS) is 11.8. The SMILES string of the molecule is O=C(N[C@H](Cc1ccc(F)c([N+](=O)[O-])c1)C(=O)O)c1cccc2ccccc12. The number of carbonyl (C=O) groups is 2. The number of nitro groups is 1. The van der Waals surface area contributed by atoms with Gasteiger partial charge in [0.2, 0.25) is 5.82 Å². The van der Waals surface area contributed by atoms with Crippen LogP contribution in [0.4, 0.5) is 10.1 Å². The number of carboxylic acid groups (broad SMARTS) is 1. The number of hydrogen-bond acceptors (Lipinski definition) is 4. The molecule has 28 heavy (non-hydrogen) atoms. The fraction of sp³-hybridized carbons (Fsp3) is 0.100. The largest absolute Gasteiger partial charge is 0.480 e. The zero-order valence-electron chi connectivity index (χ0n) is 14.5. The van der Waals surface area contributed by atoms with Gasteiger partial charge in [0, 0.05) is 18.1 Å². The lowest BCUT2D eigenvalue weighted by Crippen LogP contribution is -2.42. The number of nitrogens with one attached hydrogen (secondary N) is 1. The average molecular weight is 382 g/mol. The Morgan fingerprint density at radius 2 is 1.82 bits per heavy atom. The highest BCUT2D eigenvalue weighted by molar-refractivity contribution is 6.07. The number of nitro benzene ring substituents is 1. The number of hydrogen-bond donors (Lipinski definition) is 2. The number of carboxylic acids is 1. The van der Waals surface area contributed by atoms with E-state index in [1.165, 1.54) is 6.07 Å². The van der Waals surface area contributed by atoms with Crippen molar-refractivity contribution in [1.29, 1.82) is 0 Å². The van der Waals surface area contributed by atoms with E-state index in [1.54, 1.807) is 24.3 Å². The van der Waals surface area contributed by atoms with Crippen LogP contribution in [0.15, 0.2) is 60.7 Å². The Bertz CT molecular complexity index is 1080. The molecule has 0 spiro atoms. The van der Waals surface area contributed by atoms with Crippen molar-refractivity contribution in [3.8, 4) is 0 Å². The molecule has 0 aliphatic carbocycles. The van der Waals surface area contributed by atoms with Crippen molar-refractivity contribution in [1.82, 2.24) is 5.32 Å². The highest BCUT2D eigenvalue weighted by Crippen LogP contribution is 2.21. The summed E-state index contributed by atoms with van der Waals surface area (Å²) in [6, 6.07) is 14.1. The summed E-state index contributed by atoms with van der Waals surface area (Å²) < 4.78 is 13.5. The number of halogens is 1. The lowest BCUT2D eigenvalue weighted by atomic mass is 10.0. The first-order valence-electron chi connectivity index (χ1n) is 8.31. The molecule has 0 saturated carbocycles. The Kier molecular flexibility index (Phi) is 5.30. The van der Waals surface area contributed by atoms with Crippen molar-refractivity contribution in [3.63, 3.8) is 0 Å². The van der Waals surface area contributed by atoms with E-state index in [-0.39, 0.29) is 12.0 Å². The highest BCUT2D eigenvalue weighted by Gasteiger charge is 2.24. The van der Waals surface area contributed by atoms with Gasteiger partial charge >= 0.3 is 11.7 Å². The van der Waals surface area contributed by atoms with Gasteiger partial charge in [-0.3, -0.25) is 14.9 Å². The van der Waals surface area contributed by atoms with Crippen LogP contribution in [0, 0.1) is 15.9 Å². The molecule has 0 bridgehead atoms. The molecule has 0 aliphatic heterocycles. The molecule has 0 unspecified atom stereocenters. The van der Waals surface area contributed by atoms with Gasteiger partial charge in [-0.1, -0.05) is 42.5 Å². The highest BCUT2D eigenvalue weighted by atomic mass is 19.1. The molecule has 0 saturated heterocycles. The second kappa shape index (κ2) is 7.83. The second-order valence-electron chi connectivity index (χ2n) is 6.14. The standard InChI is InChI=1S/C20H15FN2O5/c21-16-9-8-12(11-18(16)23(27)28)10-17(20(25)26)22-19(24)15-7-3-5-13-4-1-2-6-14(13)15/h1-9,11,17H,10H2,(H,22,24)(H,25,26)/t17-/m1/s1. The molecule has 0 fully saturated rings. The summed E-state index contributed by atoms with van der Waals surface area (Å²) in [5.74, 6) is -2.90. The summed E-state index contributed by atoms with van der Waals surface area (Å²) >= 11 is 0. The zero-order valence-corrected chi connectivity index (χ0v) is 14.5. The lowest BCUT2D eigenvalue weighted by molar-refractivity contribution is -0.387. The zero-order chi connectivity index (χ0) is 20.3. The minimum Gasteiger partial charge on any atom is -0.480 e. The molecule has 142 valence electrons. The quantitative estimate of drug-likeness (QED) is 0.502. The number of amides is 1. The number of aliphatic carboxylic acids is 1. The first kappa shape index (κ1) is 19.0. The third-order valence-corrected chi connectivity index (χ3v) is 4.28. The third-order valence-electron chi connectivity index (χ3n) is 4.28. The molecule has 1 amide bonds. The molecular formula is C20H15FN2O5. The van der Waals surface area contributed by atoms with Crippen LogP contribution in [0.2, 0.25) is 0 Å². The molecule has 3 aromatic rings. The average Bonchev–Trinajstić information content (AvgIpc) is 2.68. The molecular weight excluding hydrogens is 367 g/mol. The summed E-state index contributed by atoms with van der Waals surface area (Å²) in [6.07, 6.45) is -0.229. The van der Waals surface area contributed by atoms with Crippen molar-refractivity contribution < 1.29 is 24.0 Å². The molecule has 2 N–H and O–H groups in total. The van der Waals surface area contributed by atoms with E-state index in [1.807, 2.05) is 18.2 Å². The van der Waals surface area contributed by atoms with E-state index in [2.05, 4.69) is 5.32 Å². The van der Waals surface area contributed by atoms with Gasteiger partial charge in [0.05, 0.1) is 4.92 Å². The first-order chi connectivity index (χ1) is 13.4. The second-order valence-corrected chi connectivity index (χ2v) is 6.14. The van der Waals surface area contributed by atoms with Crippen LogP contribution >= 0.6 is 0 Å². The molecule has 0 aromatic heterocycles. The third kappa shape index (κ3) is 3.96. The van der Waals surface area contributed by atoms with Crippen molar-refractivity contribution >= 4 is 28.3 Å². The maximum atomic E-state index is 13.5. The Balaban J connectivity index is 1.85. The van der Waals surface area contributed by atoms with Gasteiger partial charge < -0.3 is 10.4 Å². The van der Waals surface area contributed by atoms with Gasteiger partial charge in [-0.15, -0.1) is 0 Å². The predicted octanol–water partition coefficient (Wildman–Crippen LogP) is 3.31. The number of nitrogens with zero attached hydrogens (tertiary/aromatic N) is 1. The molecule has 3 rings (SSSR count). The van der Waals surface area contributed by atoms with Crippen LogP contribution < -0.4 is 5.32 Å². The minimum absolute atomic E-state index is 0.221. The molecule has 0 heterocycles. The topological polar surface area (TPSA) is 110 Å². The number of fused-ring (bicyclic) bond motifs is 1. The van der Waals surface area contributed by atoms with Gasteiger partial charge in [0.25, 0.3) is 5.91 Å².